The number of benzene rings is 1. The maximum Gasteiger partial charge on any atom is 0.118 e. The average molecular weight is 173 g/mol. The fraction of sp³-hybridized carbons (Fsp3) is 0.0909. The smallest absolute Gasteiger partial charge is 0.118 e. The van der Waals surface area contributed by atoms with Gasteiger partial charge in [0.1, 0.15) is 5.75 Å². The number of hydrogen-bond acceptors (Lipinski definition) is 1. The number of phenolic OH excluding ortho intramolecular Hbond substituents is 1. The molecule has 0 atom stereocenters. The van der Waals surface area contributed by atoms with E-state index < -0.39 is 0 Å². The number of aromatic nitrogens is 1. The molecule has 0 bridgehead atoms. The van der Waals surface area contributed by atoms with Gasteiger partial charge in [0.25, 0.3) is 0 Å². The Hall–Kier alpha value is -1.70. The molecule has 2 aromatic rings. The summed E-state index contributed by atoms with van der Waals surface area (Å²) in [6, 6.07) is 9.51. The first-order valence-corrected chi connectivity index (χ1v) is 4.20. The molecule has 0 spiro atoms. The highest BCUT2D eigenvalue weighted by atomic mass is 16.3. The van der Waals surface area contributed by atoms with Gasteiger partial charge in [0, 0.05) is 18.1 Å². The third-order valence-electron chi connectivity index (χ3n) is 2.08. The zero-order chi connectivity index (χ0) is 9.26. The van der Waals surface area contributed by atoms with Crippen LogP contribution in [0, 0.1) is 6.92 Å². The fourth-order valence-corrected chi connectivity index (χ4v) is 1.31. The van der Waals surface area contributed by atoms with E-state index in [0.717, 1.165) is 11.3 Å². The van der Waals surface area contributed by atoms with E-state index >= 15 is 0 Å². The molecule has 0 amide bonds. The monoisotopic (exact) mass is 173 g/mol. The molecule has 0 saturated carbocycles. The second-order valence-corrected chi connectivity index (χ2v) is 3.06. The van der Waals surface area contributed by atoms with Crippen LogP contribution in [0.15, 0.2) is 42.7 Å². The summed E-state index contributed by atoms with van der Waals surface area (Å²) < 4.78 is 2.01. The summed E-state index contributed by atoms with van der Waals surface area (Å²) >= 11 is 0. The van der Waals surface area contributed by atoms with Crippen LogP contribution in [0.4, 0.5) is 0 Å². The summed E-state index contributed by atoms with van der Waals surface area (Å²) in [5.74, 6) is 0.343. The van der Waals surface area contributed by atoms with Crippen LogP contribution in [-0.4, -0.2) is 9.67 Å². The average Bonchev–Trinajstić information content (AvgIpc) is 2.62. The van der Waals surface area contributed by atoms with E-state index in [0.29, 0.717) is 5.75 Å². The molecule has 0 fully saturated rings. The lowest BCUT2D eigenvalue weighted by Crippen LogP contribution is -1.89. The van der Waals surface area contributed by atoms with Crippen molar-refractivity contribution in [2.24, 2.45) is 0 Å². The molecule has 1 aromatic carbocycles. The van der Waals surface area contributed by atoms with Gasteiger partial charge in [-0.15, -0.1) is 0 Å². The Kier molecular flexibility index (Phi) is 1.81. The van der Waals surface area contributed by atoms with E-state index in [9.17, 15) is 5.11 Å². The van der Waals surface area contributed by atoms with Crippen molar-refractivity contribution in [3.63, 3.8) is 0 Å². The first-order valence-electron chi connectivity index (χ1n) is 4.20. The van der Waals surface area contributed by atoms with E-state index in [2.05, 4.69) is 0 Å². The quantitative estimate of drug-likeness (QED) is 0.704. The maximum absolute atomic E-state index is 9.33. The van der Waals surface area contributed by atoms with Crippen LogP contribution in [0.2, 0.25) is 0 Å². The van der Waals surface area contributed by atoms with Gasteiger partial charge in [0.15, 0.2) is 0 Å². The summed E-state index contributed by atoms with van der Waals surface area (Å²) in [7, 11) is 0. The molecule has 2 rings (SSSR count). The normalized spacial score (nSPS) is 10.2. The van der Waals surface area contributed by atoms with Crippen molar-refractivity contribution in [1.82, 2.24) is 4.57 Å². The predicted octanol–water partition coefficient (Wildman–Crippen LogP) is 2.49. The fourth-order valence-electron chi connectivity index (χ4n) is 1.31. The van der Waals surface area contributed by atoms with Crippen LogP contribution in [0.5, 0.6) is 5.75 Å². The molecule has 1 aromatic heterocycles. The molecule has 1 heterocycles. The molecule has 0 aliphatic rings. The largest absolute Gasteiger partial charge is 0.508 e. The van der Waals surface area contributed by atoms with Crippen LogP contribution in [0.25, 0.3) is 5.69 Å². The van der Waals surface area contributed by atoms with Crippen LogP contribution in [0.1, 0.15) is 5.56 Å². The van der Waals surface area contributed by atoms with Crippen molar-refractivity contribution >= 4 is 0 Å². The Balaban J connectivity index is 2.49. The van der Waals surface area contributed by atoms with E-state index in [1.165, 1.54) is 0 Å². The summed E-state index contributed by atoms with van der Waals surface area (Å²) in [5.41, 5.74) is 1.96. The SMILES string of the molecule is Cc1cc(-n2cccc2)ccc1O. The van der Waals surface area contributed by atoms with Crippen LogP contribution >= 0.6 is 0 Å². The Morgan fingerprint density at radius 1 is 1.15 bits per heavy atom. The first-order chi connectivity index (χ1) is 6.27. The van der Waals surface area contributed by atoms with Gasteiger partial charge < -0.3 is 9.67 Å². The highest BCUT2D eigenvalue weighted by molar-refractivity contribution is 5.43. The molecular weight excluding hydrogens is 162 g/mol. The van der Waals surface area contributed by atoms with Crippen LogP contribution in [0.3, 0.4) is 0 Å². The molecule has 0 aliphatic heterocycles. The number of aromatic hydroxyl groups is 1. The second kappa shape index (κ2) is 2.98. The van der Waals surface area contributed by atoms with Crippen molar-refractivity contribution < 1.29 is 5.11 Å². The van der Waals surface area contributed by atoms with Gasteiger partial charge in [-0.2, -0.15) is 0 Å². The molecule has 66 valence electrons. The zero-order valence-electron chi connectivity index (χ0n) is 7.44. The molecule has 0 saturated heterocycles. The number of phenols is 1. The minimum atomic E-state index is 0.343. The number of aryl methyl sites for hydroxylation is 1. The maximum atomic E-state index is 9.33. The Morgan fingerprint density at radius 2 is 1.85 bits per heavy atom. The van der Waals surface area contributed by atoms with E-state index in [1.807, 2.05) is 48.1 Å². The van der Waals surface area contributed by atoms with Gasteiger partial charge in [-0.25, -0.2) is 0 Å². The molecule has 0 unspecified atom stereocenters. The molecule has 13 heavy (non-hydrogen) atoms. The molecule has 1 N–H and O–H groups in total. The van der Waals surface area contributed by atoms with Gasteiger partial charge in [0.2, 0.25) is 0 Å². The van der Waals surface area contributed by atoms with Crippen molar-refractivity contribution in [2.45, 2.75) is 6.92 Å². The Labute approximate surface area is 77.1 Å². The molecule has 2 heteroatoms. The summed E-state index contributed by atoms with van der Waals surface area (Å²) in [6.45, 7) is 1.89. The van der Waals surface area contributed by atoms with Gasteiger partial charge in [0.05, 0.1) is 0 Å². The number of nitrogens with zero attached hydrogens (tertiary/aromatic N) is 1. The van der Waals surface area contributed by atoms with Crippen molar-refractivity contribution in [1.29, 1.82) is 0 Å². The van der Waals surface area contributed by atoms with Gasteiger partial charge in [-0.3, -0.25) is 0 Å². The van der Waals surface area contributed by atoms with Gasteiger partial charge in [-0.05, 0) is 42.8 Å². The number of rotatable bonds is 1. The highest BCUT2D eigenvalue weighted by Crippen LogP contribution is 2.19. The van der Waals surface area contributed by atoms with E-state index in [1.54, 1.807) is 6.07 Å². The summed E-state index contributed by atoms with van der Waals surface area (Å²) in [6.07, 6.45) is 3.96. The zero-order valence-corrected chi connectivity index (χ0v) is 7.44. The lowest BCUT2D eigenvalue weighted by Gasteiger charge is -2.04. The van der Waals surface area contributed by atoms with Crippen molar-refractivity contribution in [3.8, 4) is 11.4 Å². The minimum absolute atomic E-state index is 0.343. The Bertz CT molecular complexity index is 404. The predicted molar refractivity (Wildman–Crippen MR) is 52.2 cm³/mol. The van der Waals surface area contributed by atoms with Gasteiger partial charge >= 0.3 is 0 Å². The number of hydrogen-bond donors (Lipinski definition) is 1. The van der Waals surface area contributed by atoms with E-state index in [4.69, 9.17) is 0 Å². The lowest BCUT2D eigenvalue weighted by atomic mass is 10.2. The van der Waals surface area contributed by atoms with Crippen LogP contribution in [-0.2, 0) is 0 Å². The first kappa shape index (κ1) is 7.92. The van der Waals surface area contributed by atoms with Crippen molar-refractivity contribution in [2.75, 3.05) is 0 Å². The highest BCUT2D eigenvalue weighted by Gasteiger charge is 1.98. The third-order valence-corrected chi connectivity index (χ3v) is 2.08. The lowest BCUT2D eigenvalue weighted by molar-refractivity contribution is 0.471. The van der Waals surface area contributed by atoms with Crippen molar-refractivity contribution in [3.05, 3.63) is 48.3 Å². The van der Waals surface area contributed by atoms with Gasteiger partial charge in [-0.1, -0.05) is 0 Å². The Morgan fingerprint density at radius 3 is 2.46 bits per heavy atom. The summed E-state index contributed by atoms with van der Waals surface area (Å²) in [5, 5.41) is 9.33. The molecule has 0 radical (unpaired) electrons. The third kappa shape index (κ3) is 1.43. The minimum Gasteiger partial charge on any atom is -0.508 e. The van der Waals surface area contributed by atoms with E-state index in [-0.39, 0.29) is 0 Å². The topological polar surface area (TPSA) is 25.2 Å². The summed E-state index contributed by atoms with van der Waals surface area (Å²) in [4.78, 5) is 0. The van der Waals surface area contributed by atoms with Crippen LogP contribution < -0.4 is 0 Å². The standard InChI is InChI=1S/C11H11NO/c1-9-8-10(4-5-11(9)13)12-6-2-3-7-12/h2-8,13H,1H3. The molecule has 0 aliphatic carbocycles. The molecular formula is C11H11NO. The molecule has 2 nitrogen and oxygen atoms in total. The second-order valence-electron chi connectivity index (χ2n) is 3.06.